The van der Waals surface area contributed by atoms with Gasteiger partial charge in [-0.05, 0) is 36.5 Å². The van der Waals surface area contributed by atoms with Crippen molar-refractivity contribution in [1.82, 2.24) is 20.9 Å². The third-order valence-corrected chi connectivity index (χ3v) is 4.47. The zero-order valence-corrected chi connectivity index (χ0v) is 14.5. The molecule has 0 spiro atoms. The van der Waals surface area contributed by atoms with Crippen molar-refractivity contribution in [2.24, 2.45) is 10.9 Å². The Hall–Kier alpha value is -2.57. The Bertz CT molecular complexity index is 652. The highest BCUT2D eigenvalue weighted by molar-refractivity contribution is 5.97. The van der Waals surface area contributed by atoms with E-state index in [-0.39, 0.29) is 18.4 Å². The van der Waals surface area contributed by atoms with Crippen LogP contribution in [0.5, 0.6) is 0 Å². The number of hydrogen-bond donors (Lipinski definition) is 3. The summed E-state index contributed by atoms with van der Waals surface area (Å²) in [7, 11) is 1.76. The van der Waals surface area contributed by atoms with Crippen LogP contribution in [0.25, 0.3) is 0 Å². The van der Waals surface area contributed by atoms with E-state index in [1.807, 2.05) is 24.3 Å². The highest BCUT2D eigenvalue weighted by atomic mass is 16.2. The average Bonchev–Trinajstić information content (AvgIpc) is 3.46. The summed E-state index contributed by atoms with van der Waals surface area (Å²) in [4.78, 5) is 29.6. The number of aliphatic imine (C=N–C) groups is 1. The highest BCUT2D eigenvalue weighted by Crippen LogP contribution is 2.27. The van der Waals surface area contributed by atoms with E-state index in [2.05, 4.69) is 20.9 Å². The second-order valence-electron chi connectivity index (χ2n) is 6.52. The van der Waals surface area contributed by atoms with Crippen LogP contribution < -0.4 is 16.0 Å². The van der Waals surface area contributed by atoms with E-state index in [1.54, 1.807) is 11.9 Å². The molecule has 0 atom stereocenters. The molecule has 25 heavy (non-hydrogen) atoms. The molecule has 1 saturated heterocycles. The number of hydrogen-bond acceptors (Lipinski definition) is 3. The minimum Gasteiger partial charge on any atom is -0.356 e. The molecule has 1 aliphatic heterocycles. The second kappa shape index (κ2) is 8.00. The Labute approximate surface area is 147 Å². The molecule has 1 aromatic rings. The molecule has 1 saturated carbocycles. The highest BCUT2D eigenvalue weighted by Gasteiger charge is 2.22. The predicted octanol–water partition coefficient (Wildman–Crippen LogP) is 0.334. The molecule has 134 valence electrons. The van der Waals surface area contributed by atoms with Gasteiger partial charge in [-0.2, -0.15) is 0 Å². The maximum Gasteiger partial charge on any atom is 0.254 e. The van der Waals surface area contributed by atoms with Crippen LogP contribution in [-0.4, -0.2) is 55.9 Å². The lowest BCUT2D eigenvalue weighted by Gasteiger charge is -2.26. The summed E-state index contributed by atoms with van der Waals surface area (Å²) in [6.07, 6.45) is 2.61. The largest absolute Gasteiger partial charge is 0.356 e. The van der Waals surface area contributed by atoms with E-state index in [1.165, 1.54) is 12.8 Å². The predicted molar refractivity (Wildman–Crippen MR) is 96.3 cm³/mol. The van der Waals surface area contributed by atoms with E-state index in [0.29, 0.717) is 25.2 Å². The molecule has 0 aromatic heterocycles. The van der Waals surface area contributed by atoms with E-state index >= 15 is 0 Å². The van der Waals surface area contributed by atoms with Gasteiger partial charge in [0.1, 0.15) is 0 Å². The van der Waals surface area contributed by atoms with Gasteiger partial charge in [0.2, 0.25) is 5.91 Å². The van der Waals surface area contributed by atoms with E-state index < -0.39 is 0 Å². The number of piperazine rings is 1. The number of nitrogens with one attached hydrogen (secondary N) is 3. The monoisotopic (exact) mass is 343 g/mol. The van der Waals surface area contributed by atoms with Gasteiger partial charge in [0.25, 0.3) is 5.91 Å². The van der Waals surface area contributed by atoms with E-state index in [4.69, 9.17) is 0 Å². The fraction of sp³-hybridized carbons (Fsp3) is 0.500. The van der Waals surface area contributed by atoms with Crippen LogP contribution >= 0.6 is 0 Å². The number of carbonyl (C=O) groups is 2. The van der Waals surface area contributed by atoms with Gasteiger partial charge in [0.05, 0.1) is 6.54 Å². The van der Waals surface area contributed by atoms with Crippen molar-refractivity contribution in [3.8, 4) is 0 Å². The number of guanidine groups is 1. The first-order valence-corrected chi connectivity index (χ1v) is 8.75. The second-order valence-corrected chi connectivity index (χ2v) is 6.52. The zero-order valence-electron chi connectivity index (χ0n) is 14.5. The van der Waals surface area contributed by atoms with Crippen LogP contribution in [0, 0.1) is 5.92 Å². The lowest BCUT2D eigenvalue weighted by Crippen LogP contribution is -2.49. The average molecular weight is 343 g/mol. The zero-order chi connectivity index (χ0) is 17.6. The maximum absolute atomic E-state index is 12.4. The summed E-state index contributed by atoms with van der Waals surface area (Å²) < 4.78 is 0. The van der Waals surface area contributed by atoms with Crippen LogP contribution in [-0.2, 0) is 11.3 Å². The Morgan fingerprint density at radius 3 is 2.68 bits per heavy atom. The quantitative estimate of drug-likeness (QED) is 0.531. The van der Waals surface area contributed by atoms with Gasteiger partial charge in [-0.15, -0.1) is 0 Å². The first kappa shape index (κ1) is 17.3. The maximum atomic E-state index is 12.4. The van der Waals surface area contributed by atoms with E-state index in [9.17, 15) is 9.59 Å². The fourth-order valence-electron chi connectivity index (χ4n) is 2.73. The van der Waals surface area contributed by atoms with Gasteiger partial charge in [-0.1, -0.05) is 12.1 Å². The molecule has 0 bridgehead atoms. The lowest BCUT2D eigenvalue weighted by atomic mass is 10.1. The first-order chi connectivity index (χ1) is 12.2. The van der Waals surface area contributed by atoms with Crippen LogP contribution in [0.1, 0.15) is 28.8 Å². The van der Waals surface area contributed by atoms with Crippen LogP contribution in [0.3, 0.4) is 0 Å². The third kappa shape index (κ3) is 4.95. The molecule has 2 aliphatic rings. The molecule has 3 rings (SSSR count). The Balaban J connectivity index is 1.50. The minimum absolute atomic E-state index is 0.101. The van der Waals surface area contributed by atoms with Crippen molar-refractivity contribution < 1.29 is 9.59 Å². The third-order valence-electron chi connectivity index (χ3n) is 4.47. The van der Waals surface area contributed by atoms with E-state index in [0.717, 1.165) is 24.0 Å². The normalized spacial score (nSPS) is 17.9. The summed E-state index contributed by atoms with van der Waals surface area (Å²) in [6.45, 7) is 2.81. The van der Waals surface area contributed by atoms with Crippen LogP contribution in [0.2, 0.25) is 0 Å². The SMILES string of the molecule is CN=C(NCc1ccc(C(=O)N2CCNC(=O)C2)cc1)NCC1CC1. The molecule has 7 heteroatoms. The standard InChI is InChI=1S/C18H25N5O2/c1-19-18(21-10-13-2-3-13)22-11-14-4-6-15(7-5-14)17(25)23-9-8-20-16(24)12-23/h4-7,13H,2-3,8-12H2,1H3,(H,20,24)(H2,19,21,22). The van der Waals surface area contributed by atoms with Crippen molar-refractivity contribution in [3.63, 3.8) is 0 Å². The molecule has 7 nitrogen and oxygen atoms in total. The first-order valence-electron chi connectivity index (χ1n) is 8.75. The molecule has 1 heterocycles. The molecule has 2 fully saturated rings. The van der Waals surface area contributed by atoms with Gasteiger partial charge < -0.3 is 20.9 Å². The molecule has 1 aromatic carbocycles. The summed E-state index contributed by atoms with van der Waals surface area (Å²) in [5.41, 5.74) is 1.68. The molecule has 0 unspecified atom stereocenters. The van der Waals surface area contributed by atoms with Gasteiger partial charge >= 0.3 is 0 Å². The van der Waals surface area contributed by atoms with Crippen molar-refractivity contribution in [3.05, 3.63) is 35.4 Å². The van der Waals surface area contributed by atoms with Gasteiger partial charge in [0.15, 0.2) is 5.96 Å². The topological polar surface area (TPSA) is 85.8 Å². The van der Waals surface area contributed by atoms with Gasteiger partial charge in [-0.3, -0.25) is 14.6 Å². The van der Waals surface area contributed by atoms with Gasteiger partial charge in [-0.25, -0.2) is 0 Å². The number of benzene rings is 1. The molecule has 1 aliphatic carbocycles. The number of rotatable bonds is 5. The number of nitrogens with zero attached hydrogens (tertiary/aromatic N) is 2. The number of amides is 2. The summed E-state index contributed by atoms with van der Waals surface area (Å²) >= 11 is 0. The fourth-order valence-corrected chi connectivity index (χ4v) is 2.73. The molecule has 3 N–H and O–H groups in total. The molecular weight excluding hydrogens is 318 g/mol. The Morgan fingerprint density at radius 1 is 1.28 bits per heavy atom. The molecule has 2 amide bonds. The Kier molecular flexibility index (Phi) is 5.53. The smallest absolute Gasteiger partial charge is 0.254 e. The Morgan fingerprint density at radius 2 is 2.04 bits per heavy atom. The molecule has 0 radical (unpaired) electrons. The summed E-state index contributed by atoms with van der Waals surface area (Å²) in [5.74, 6) is 1.38. The lowest BCUT2D eigenvalue weighted by molar-refractivity contribution is -0.123. The van der Waals surface area contributed by atoms with Crippen molar-refractivity contribution in [1.29, 1.82) is 0 Å². The van der Waals surface area contributed by atoms with Crippen LogP contribution in [0.4, 0.5) is 0 Å². The van der Waals surface area contributed by atoms with Crippen molar-refractivity contribution >= 4 is 17.8 Å². The van der Waals surface area contributed by atoms with Crippen molar-refractivity contribution in [2.45, 2.75) is 19.4 Å². The molecular formula is C18H25N5O2. The minimum atomic E-state index is -0.106. The van der Waals surface area contributed by atoms with Crippen LogP contribution in [0.15, 0.2) is 29.3 Å². The number of carbonyl (C=O) groups excluding carboxylic acids is 2. The van der Waals surface area contributed by atoms with Crippen molar-refractivity contribution in [2.75, 3.05) is 33.2 Å². The summed E-state index contributed by atoms with van der Waals surface area (Å²) in [5, 5.41) is 9.32. The summed E-state index contributed by atoms with van der Waals surface area (Å²) in [6, 6.07) is 7.48. The van der Waals surface area contributed by atoms with Gasteiger partial charge in [0, 0.05) is 38.8 Å².